The van der Waals surface area contributed by atoms with Gasteiger partial charge in [-0.05, 0) is 29.5 Å². The molecule has 0 aliphatic rings. The summed E-state index contributed by atoms with van der Waals surface area (Å²) in [5, 5.41) is 3.46. The number of nitrogen functional groups attached to an aromatic ring is 1. The quantitative estimate of drug-likeness (QED) is 0.727. The summed E-state index contributed by atoms with van der Waals surface area (Å²) in [5.74, 6) is 0. The van der Waals surface area contributed by atoms with Crippen LogP contribution < -0.4 is 11.1 Å². The second-order valence-corrected chi connectivity index (χ2v) is 4.87. The lowest BCUT2D eigenvalue weighted by molar-refractivity contribution is 0.327. The molecule has 1 aromatic rings. The van der Waals surface area contributed by atoms with Crippen molar-refractivity contribution in [2.75, 3.05) is 12.3 Å². The number of rotatable bonds is 5. The van der Waals surface area contributed by atoms with Crippen LogP contribution in [-0.4, -0.2) is 6.54 Å². The molecule has 84 valence electrons. The van der Waals surface area contributed by atoms with Crippen LogP contribution in [-0.2, 0) is 6.54 Å². The summed E-state index contributed by atoms with van der Waals surface area (Å²) in [7, 11) is 0. The zero-order valence-corrected chi connectivity index (χ0v) is 10.0. The predicted molar refractivity (Wildman–Crippen MR) is 66.6 cm³/mol. The van der Waals surface area contributed by atoms with Crippen molar-refractivity contribution in [3.63, 3.8) is 0 Å². The van der Waals surface area contributed by atoms with Crippen LogP contribution in [0, 0.1) is 5.41 Å². The maximum atomic E-state index is 5.71. The van der Waals surface area contributed by atoms with Gasteiger partial charge in [-0.25, -0.2) is 0 Å². The van der Waals surface area contributed by atoms with E-state index in [1.165, 1.54) is 12.0 Å². The summed E-state index contributed by atoms with van der Waals surface area (Å²) in [6.45, 7) is 8.72. The van der Waals surface area contributed by atoms with E-state index in [2.05, 4.69) is 32.2 Å². The number of hydrogen-bond acceptors (Lipinski definition) is 2. The molecule has 0 aliphatic heterocycles. The molecule has 0 amide bonds. The highest BCUT2D eigenvalue weighted by molar-refractivity contribution is 5.40. The SMILES string of the molecule is CCC(C)(C)CNCc1cccc(N)c1. The van der Waals surface area contributed by atoms with Crippen molar-refractivity contribution in [3.8, 4) is 0 Å². The van der Waals surface area contributed by atoms with Crippen LogP contribution in [0.4, 0.5) is 5.69 Å². The number of benzene rings is 1. The third kappa shape index (κ3) is 4.34. The van der Waals surface area contributed by atoms with Gasteiger partial charge in [0.1, 0.15) is 0 Å². The topological polar surface area (TPSA) is 38.0 Å². The second kappa shape index (κ2) is 5.17. The molecule has 0 spiro atoms. The molecule has 0 atom stereocenters. The molecule has 1 rings (SSSR count). The minimum atomic E-state index is 0.375. The molecule has 2 nitrogen and oxygen atoms in total. The summed E-state index contributed by atoms with van der Waals surface area (Å²) in [6.07, 6.45) is 1.19. The fourth-order valence-corrected chi connectivity index (χ4v) is 1.37. The minimum Gasteiger partial charge on any atom is -0.399 e. The number of anilines is 1. The first-order valence-electron chi connectivity index (χ1n) is 5.58. The molecule has 0 saturated heterocycles. The molecule has 0 aliphatic carbocycles. The van der Waals surface area contributed by atoms with Gasteiger partial charge in [0.05, 0.1) is 0 Å². The molecule has 0 bridgehead atoms. The van der Waals surface area contributed by atoms with E-state index >= 15 is 0 Å². The Hall–Kier alpha value is -1.02. The van der Waals surface area contributed by atoms with Crippen LogP contribution in [0.2, 0.25) is 0 Å². The molecule has 1 aromatic carbocycles. The lowest BCUT2D eigenvalue weighted by atomic mass is 9.90. The van der Waals surface area contributed by atoms with Crippen molar-refractivity contribution >= 4 is 5.69 Å². The molecular formula is C13H22N2. The Morgan fingerprint density at radius 3 is 2.67 bits per heavy atom. The molecule has 0 saturated carbocycles. The first-order valence-corrected chi connectivity index (χ1v) is 5.58. The highest BCUT2D eigenvalue weighted by Crippen LogP contribution is 2.18. The smallest absolute Gasteiger partial charge is 0.0317 e. The van der Waals surface area contributed by atoms with Crippen molar-refractivity contribution < 1.29 is 0 Å². The normalized spacial score (nSPS) is 11.7. The summed E-state index contributed by atoms with van der Waals surface area (Å²) >= 11 is 0. The average Bonchev–Trinajstić information content (AvgIpc) is 2.18. The van der Waals surface area contributed by atoms with Gasteiger partial charge in [0.25, 0.3) is 0 Å². The van der Waals surface area contributed by atoms with E-state index in [9.17, 15) is 0 Å². The maximum absolute atomic E-state index is 5.71. The molecule has 3 N–H and O–H groups in total. The van der Waals surface area contributed by atoms with E-state index < -0.39 is 0 Å². The summed E-state index contributed by atoms with van der Waals surface area (Å²) in [5.41, 5.74) is 8.18. The fraction of sp³-hybridized carbons (Fsp3) is 0.538. The summed E-state index contributed by atoms with van der Waals surface area (Å²) in [6, 6.07) is 8.03. The Morgan fingerprint density at radius 2 is 2.07 bits per heavy atom. The number of hydrogen-bond donors (Lipinski definition) is 2. The van der Waals surface area contributed by atoms with Crippen molar-refractivity contribution in [1.82, 2.24) is 5.32 Å². The third-order valence-corrected chi connectivity index (χ3v) is 2.84. The largest absolute Gasteiger partial charge is 0.399 e. The van der Waals surface area contributed by atoms with Crippen LogP contribution in [0.25, 0.3) is 0 Å². The van der Waals surface area contributed by atoms with E-state index in [4.69, 9.17) is 5.73 Å². The highest BCUT2D eigenvalue weighted by atomic mass is 14.9. The third-order valence-electron chi connectivity index (χ3n) is 2.84. The summed E-state index contributed by atoms with van der Waals surface area (Å²) in [4.78, 5) is 0. The number of nitrogens with two attached hydrogens (primary N) is 1. The van der Waals surface area contributed by atoms with E-state index in [0.717, 1.165) is 18.8 Å². The van der Waals surface area contributed by atoms with E-state index in [0.29, 0.717) is 5.41 Å². The second-order valence-electron chi connectivity index (χ2n) is 4.87. The van der Waals surface area contributed by atoms with E-state index in [1.54, 1.807) is 0 Å². The first kappa shape index (κ1) is 12.1. The van der Waals surface area contributed by atoms with Gasteiger partial charge in [-0.3, -0.25) is 0 Å². The highest BCUT2D eigenvalue weighted by Gasteiger charge is 2.13. The molecular weight excluding hydrogens is 184 g/mol. The van der Waals surface area contributed by atoms with Gasteiger partial charge < -0.3 is 11.1 Å². The fourth-order valence-electron chi connectivity index (χ4n) is 1.37. The Labute approximate surface area is 92.9 Å². The van der Waals surface area contributed by atoms with Crippen LogP contribution in [0.5, 0.6) is 0 Å². The molecule has 2 heteroatoms. The summed E-state index contributed by atoms with van der Waals surface area (Å²) < 4.78 is 0. The molecule has 0 unspecified atom stereocenters. The predicted octanol–water partition coefficient (Wildman–Crippen LogP) is 2.79. The van der Waals surface area contributed by atoms with Crippen molar-refractivity contribution in [2.24, 2.45) is 5.41 Å². The monoisotopic (exact) mass is 206 g/mol. The van der Waals surface area contributed by atoms with Crippen molar-refractivity contribution in [1.29, 1.82) is 0 Å². The van der Waals surface area contributed by atoms with Crippen molar-refractivity contribution in [3.05, 3.63) is 29.8 Å². The molecule has 0 heterocycles. The lowest BCUT2D eigenvalue weighted by Gasteiger charge is -2.23. The number of nitrogens with one attached hydrogen (secondary N) is 1. The Bertz CT molecular complexity index is 305. The van der Waals surface area contributed by atoms with Gasteiger partial charge in [0.15, 0.2) is 0 Å². The minimum absolute atomic E-state index is 0.375. The zero-order chi connectivity index (χ0) is 11.3. The average molecular weight is 206 g/mol. The van der Waals surface area contributed by atoms with E-state index in [-0.39, 0.29) is 0 Å². The van der Waals surface area contributed by atoms with Gasteiger partial charge in [-0.1, -0.05) is 32.9 Å². The van der Waals surface area contributed by atoms with Gasteiger partial charge >= 0.3 is 0 Å². The maximum Gasteiger partial charge on any atom is 0.0317 e. The standard InChI is InChI=1S/C13H22N2/c1-4-13(2,3)10-15-9-11-6-5-7-12(14)8-11/h5-8,15H,4,9-10,14H2,1-3H3. The molecule has 0 fully saturated rings. The van der Waals surface area contributed by atoms with Gasteiger partial charge in [-0.2, -0.15) is 0 Å². The van der Waals surface area contributed by atoms with Crippen molar-refractivity contribution in [2.45, 2.75) is 33.7 Å². The molecule has 0 radical (unpaired) electrons. The van der Waals surface area contributed by atoms with Crippen LogP contribution in [0.3, 0.4) is 0 Å². The Morgan fingerprint density at radius 1 is 1.33 bits per heavy atom. The van der Waals surface area contributed by atoms with E-state index in [1.807, 2.05) is 18.2 Å². The zero-order valence-electron chi connectivity index (χ0n) is 10.0. The van der Waals surface area contributed by atoms with Gasteiger partial charge in [0, 0.05) is 18.8 Å². The van der Waals surface area contributed by atoms with Gasteiger partial charge in [-0.15, -0.1) is 0 Å². The first-order chi connectivity index (χ1) is 7.03. The van der Waals surface area contributed by atoms with Crippen LogP contribution in [0.15, 0.2) is 24.3 Å². The Balaban J connectivity index is 2.38. The van der Waals surface area contributed by atoms with Gasteiger partial charge in [0.2, 0.25) is 0 Å². The molecule has 0 aromatic heterocycles. The van der Waals surface area contributed by atoms with Crippen LogP contribution >= 0.6 is 0 Å². The lowest BCUT2D eigenvalue weighted by Crippen LogP contribution is -2.28. The van der Waals surface area contributed by atoms with Crippen LogP contribution in [0.1, 0.15) is 32.8 Å². The Kier molecular flexibility index (Phi) is 4.15. The molecule has 15 heavy (non-hydrogen) atoms.